The van der Waals surface area contributed by atoms with Crippen molar-refractivity contribution in [1.82, 2.24) is 4.98 Å². The topological polar surface area (TPSA) is 36.0 Å². The van der Waals surface area contributed by atoms with Gasteiger partial charge in [-0.05, 0) is 42.5 Å². The monoisotopic (exact) mass is 229 g/mol. The van der Waals surface area contributed by atoms with Crippen molar-refractivity contribution in [1.29, 1.82) is 0 Å². The van der Waals surface area contributed by atoms with E-state index in [0.717, 1.165) is 0 Å². The van der Waals surface area contributed by atoms with Crippen molar-refractivity contribution in [3.63, 3.8) is 0 Å². The second-order valence-electron chi connectivity index (χ2n) is 5.74. The van der Waals surface area contributed by atoms with Crippen LogP contribution < -0.4 is 0 Å². The smallest absolute Gasteiger partial charge is 0.0522 e. The lowest BCUT2D eigenvalue weighted by Gasteiger charge is -2.22. The van der Waals surface area contributed by atoms with Gasteiger partial charge in [0.15, 0.2) is 0 Å². The first-order valence-electron chi connectivity index (χ1n) is 6.36. The van der Waals surface area contributed by atoms with E-state index in [9.17, 15) is 5.11 Å². The zero-order valence-electron chi connectivity index (χ0n) is 10.5. The van der Waals surface area contributed by atoms with Gasteiger partial charge in [-0.2, -0.15) is 0 Å². The van der Waals surface area contributed by atoms with Gasteiger partial charge in [0.25, 0.3) is 0 Å². The maximum Gasteiger partial charge on any atom is 0.0522 e. The average Bonchev–Trinajstić information content (AvgIpc) is 2.88. The Hall–Kier alpha value is -1.28. The van der Waals surface area contributed by atoms with E-state index in [2.05, 4.69) is 37.0 Å². The molecule has 2 N–H and O–H groups in total. The molecule has 0 saturated heterocycles. The van der Waals surface area contributed by atoms with Crippen LogP contribution in [0.2, 0.25) is 0 Å². The van der Waals surface area contributed by atoms with Gasteiger partial charge in [0.05, 0.1) is 6.61 Å². The summed E-state index contributed by atoms with van der Waals surface area (Å²) in [5.41, 5.74) is 5.22. The van der Waals surface area contributed by atoms with Gasteiger partial charge in [-0.3, -0.25) is 0 Å². The van der Waals surface area contributed by atoms with Crippen LogP contribution in [0.1, 0.15) is 37.1 Å². The van der Waals surface area contributed by atoms with Crippen LogP contribution in [0.25, 0.3) is 10.9 Å². The molecule has 0 aliphatic heterocycles. The molecule has 3 rings (SSSR count). The van der Waals surface area contributed by atoms with Crippen LogP contribution >= 0.6 is 0 Å². The van der Waals surface area contributed by atoms with Crippen LogP contribution in [-0.4, -0.2) is 16.7 Å². The molecule has 90 valence electrons. The first-order chi connectivity index (χ1) is 8.12. The number of aromatic nitrogens is 1. The van der Waals surface area contributed by atoms with Gasteiger partial charge in [0.2, 0.25) is 0 Å². The first kappa shape index (κ1) is 10.8. The second kappa shape index (κ2) is 3.61. The number of nitrogens with one attached hydrogen (secondary N) is 1. The Labute approximate surface area is 102 Å². The quantitative estimate of drug-likeness (QED) is 0.816. The number of aliphatic hydroxyl groups excluding tert-OH is 1. The Morgan fingerprint density at radius 1 is 1.29 bits per heavy atom. The lowest BCUT2D eigenvalue weighted by atomic mass is 9.85. The Balaban J connectivity index is 2.18. The molecule has 2 heteroatoms. The molecule has 0 amide bonds. The highest BCUT2D eigenvalue weighted by atomic mass is 16.3. The molecule has 0 bridgehead atoms. The number of hydrogen-bond acceptors (Lipinski definition) is 1. The van der Waals surface area contributed by atoms with E-state index in [1.165, 1.54) is 47.0 Å². The lowest BCUT2D eigenvalue weighted by molar-refractivity contribution is 0.218. The summed E-state index contributed by atoms with van der Waals surface area (Å²) in [5.74, 6) is 0. The molecule has 2 nitrogen and oxygen atoms in total. The highest BCUT2D eigenvalue weighted by Crippen LogP contribution is 2.33. The SMILES string of the molecule is CC(C)(CO)c1ccc2[nH]c3c(c2c1)CCC3. The molecule has 0 spiro atoms. The van der Waals surface area contributed by atoms with Gasteiger partial charge in [-0.25, -0.2) is 0 Å². The summed E-state index contributed by atoms with van der Waals surface area (Å²) in [5, 5.41) is 10.8. The number of H-pyrrole nitrogens is 1. The number of aromatic amines is 1. The minimum absolute atomic E-state index is 0.156. The van der Waals surface area contributed by atoms with Gasteiger partial charge in [0, 0.05) is 22.0 Å². The molecule has 0 radical (unpaired) electrons. The summed E-state index contributed by atoms with van der Waals surface area (Å²) in [6.07, 6.45) is 3.64. The van der Waals surface area contributed by atoms with E-state index >= 15 is 0 Å². The van der Waals surface area contributed by atoms with Crippen LogP contribution in [0.3, 0.4) is 0 Å². The predicted octanol–water partition coefficient (Wildman–Crippen LogP) is 2.93. The van der Waals surface area contributed by atoms with Crippen molar-refractivity contribution in [2.24, 2.45) is 0 Å². The van der Waals surface area contributed by atoms with Crippen molar-refractivity contribution in [2.45, 2.75) is 38.5 Å². The molecule has 0 saturated carbocycles. The van der Waals surface area contributed by atoms with E-state index in [-0.39, 0.29) is 12.0 Å². The molecule has 17 heavy (non-hydrogen) atoms. The predicted molar refractivity (Wildman–Crippen MR) is 70.4 cm³/mol. The van der Waals surface area contributed by atoms with Crippen LogP contribution in [0, 0.1) is 0 Å². The van der Waals surface area contributed by atoms with E-state index in [1.54, 1.807) is 0 Å². The highest BCUT2D eigenvalue weighted by Gasteiger charge is 2.22. The van der Waals surface area contributed by atoms with Gasteiger partial charge in [-0.15, -0.1) is 0 Å². The third-order valence-electron chi connectivity index (χ3n) is 4.02. The molecular formula is C15H19NO. The van der Waals surface area contributed by atoms with Crippen molar-refractivity contribution in [3.8, 4) is 0 Å². The average molecular weight is 229 g/mol. The number of hydrogen-bond donors (Lipinski definition) is 2. The van der Waals surface area contributed by atoms with E-state index in [4.69, 9.17) is 0 Å². The molecule has 0 atom stereocenters. The van der Waals surface area contributed by atoms with Crippen molar-refractivity contribution >= 4 is 10.9 Å². The number of aliphatic hydroxyl groups is 1. The largest absolute Gasteiger partial charge is 0.395 e. The summed E-state index contributed by atoms with van der Waals surface area (Å²) in [6, 6.07) is 6.54. The molecule has 1 aromatic heterocycles. The summed E-state index contributed by atoms with van der Waals surface area (Å²) in [7, 11) is 0. The maximum absolute atomic E-state index is 9.46. The van der Waals surface area contributed by atoms with Gasteiger partial charge < -0.3 is 10.1 Å². The fourth-order valence-electron chi connectivity index (χ4n) is 2.76. The minimum atomic E-state index is -0.156. The first-order valence-corrected chi connectivity index (χ1v) is 6.36. The van der Waals surface area contributed by atoms with Gasteiger partial charge >= 0.3 is 0 Å². The Morgan fingerprint density at radius 3 is 2.88 bits per heavy atom. The number of benzene rings is 1. The molecular weight excluding hydrogens is 210 g/mol. The van der Waals surface area contributed by atoms with Crippen molar-refractivity contribution in [3.05, 3.63) is 35.0 Å². The molecule has 1 heterocycles. The summed E-state index contributed by atoms with van der Waals surface area (Å²) in [4.78, 5) is 3.51. The summed E-state index contributed by atoms with van der Waals surface area (Å²) >= 11 is 0. The van der Waals surface area contributed by atoms with Crippen LogP contribution in [0.4, 0.5) is 0 Å². The maximum atomic E-state index is 9.46. The molecule has 1 aliphatic rings. The molecule has 1 aliphatic carbocycles. The molecule has 0 fully saturated rings. The number of rotatable bonds is 2. The summed E-state index contributed by atoms with van der Waals surface area (Å²) < 4.78 is 0. The van der Waals surface area contributed by atoms with Crippen LogP contribution in [0.15, 0.2) is 18.2 Å². The van der Waals surface area contributed by atoms with Crippen molar-refractivity contribution in [2.75, 3.05) is 6.61 Å². The minimum Gasteiger partial charge on any atom is -0.395 e. The highest BCUT2D eigenvalue weighted by molar-refractivity contribution is 5.86. The molecule has 0 unspecified atom stereocenters. The van der Waals surface area contributed by atoms with E-state index in [0.29, 0.717) is 0 Å². The van der Waals surface area contributed by atoms with Crippen LogP contribution in [-0.2, 0) is 18.3 Å². The standard InChI is InChI=1S/C15H19NO/c1-15(2,9-17)10-6-7-14-12(8-10)11-4-3-5-13(11)16-14/h6-8,16-17H,3-5,9H2,1-2H3. The molecule has 1 aromatic carbocycles. The third kappa shape index (κ3) is 1.59. The lowest BCUT2D eigenvalue weighted by Crippen LogP contribution is -2.21. The Morgan fingerprint density at radius 2 is 2.12 bits per heavy atom. The number of aryl methyl sites for hydroxylation is 2. The third-order valence-corrected chi connectivity index (χ3v) is 4.02. The van der Waals surface area contributed by atoms with Crippen molar-refractivity contribution < 1.29 is 5.11 Å². The van der Waals surface area contributed by atoms with E-state index < -0.39 is 0 Å². The number of fused-ring (bicyclic) bond motifs is 3. The summed E-state index contributed by atoms with van der Waals surface area (Å²) in [6.45, 7) is 4.35. The molecule has 2 aromatic rings. The zero-order valence-corrected chi connectivity index (χ0v) is 10.5. The second-order valence-corrected chi connectivity index (χ2v) is 5.74. The fourth-order valence-corrected chi connectivity index (χ4v) is 2.76. The zero-order chi connectivity index (χ0) is 12.0. The fraction of sp³-hybridized carbons (Fsp3) is 0.467. The van der Waals surface area contributed by atoms with Gasteiger partial charge in [0.1, 0.15) is 0 Å². The van der Waals surface area contributed by atoms with Crippen LogP contribution in [0.5, 0.6) is 0 Å². The normalized spacial score (nSPS) is 15.5. The Kier molecular flexibility index (Phi) is 2.30. The van der Waals surface area contributed by atoms with E-state index in [1.807, 2.05) is 0 Å². The Bertz CT molecular complexity index is 566. The van der Waals surface area contributed by atoms with Gasteiger partial charge in [-0.1, -0.05) is 19.9 Å².